The third-order valence-corrected chi connectivity index (χ3v) is 5.08. The number of carbonyl (C=O) groups excluding carboxylic acids is 3. The van der Waals surface area contributed by atoms with Gasteiger partial charge in [0, 0.05) is 18.8 Å². The summed E-state index contributed by atoms with van der Waals surface area (Å²) in [6.07, 6.45) is -1.40. The van der Waals surface area contributed by atoms with Gasteiger partial charge in [0.1, 0.15) is 17.2 Å². The second-order valence-corrected chi connectivity index (χ2v) is 11.0. The summed E-state index contributed by atoms with van der Waals surface area (Å²) in [5.74, 6) is -0.551. The van der Waals surface area contributed by atoms with Crippen molar-refractivity contribution < 1.29 is 32.3 Å². The van der Waals surface area contributed by atoms with Gasteiger partial charge in [0.2, 0.25) is 15.9 Å². The van der Waals surface area contributed by atoms with Crippen LogP contribution in [0.4, 0.5) is 15.3 Å². The molecule has 0 aliphatic carbocycles. The number of benzene rings is 1. The Morgan fingerprint density at radius 2 is 1.52 bits per heavy atom. The van der Waals surface area contributed by atoms with Crippen LogP contribution in [0.5, 0.6) is 0 Å². The lowest BCUT2D eigenvalue weighted by Gasteiger charge is -2.21. The van der Waals surface area contributed by atoms with E-state index in [9.17, 15) is 22.8 Å². The monoisotopic (exact) mass is 486 g/mol. The van der Waals surface area contributed by atoms with E-state index in [-0.39, 0.29) is 23.7 Å². The summed E-state index contributed by atoms with van der Waals surface area (Å²) in [4.78, 5) is 35.7. The van der Waals surface area contributed by atoms with Crippen LogP contribution in [0.15, 0.2) is 29.2 Å². The summed E-state index contributed by atoms with van der Waals surface area (Å²) < 4.78 is 37.6. The highest BCUT2D eigenvalue weighted by Crippen LogP contribution is 2.16. The van der Waals surface area contributed by atoms with E-state index in [1.165, 1.54) is 31.2 Å². The number of hydrogen-bond donors (Lipinski definition) is 4. The van der Waals surface area contributed by atoms with E-state index in [1.807, 2.05) is 0 Å². The topological polar surface area (TPSA) is 152 Å². The predicted octanol–water partition coefficient (Wildman–Crippen LogP) is 2.34. The van der Waals surface area contributed by atoms with Gasteiger partial charge in [-0.25, -0.2) is 22.7 Å². The van der Waals surface area contributed by atoms with Gasteiger partial charge in [-0.3, -0.25) is 4.79 Å². The molecule has 186 valence electrons. The molecule has 4 N–H and O–H groups in total. The van der Waals surface area contributed by atoms with Crippen molar-refractivity contribution in [1.29, 1.82) is 0 Å². The smallest absolute Gasteiger partial charge is 0.408 e. The largest absolute Gasteiger partial charge is 0.444 e. The molecule has 0 bridgehead atoms. The lowest BCUT2D eigenvalue weighted by atomic mass is 10.2. The normalized spacial score (nSPS) is 12.9. The van der Waals surface area contributed by atoms with Crippen LogP contribution >= 0.6 is 0 Å². The fourth-order valence-electron chi connectivity index (χ4n) is 2.29. The fourth-order valence-corrected chi connectivity index (χ4v) is 3.37. The van der Waals surface area contributed by atoms with E-state index >= 15 is 0 Å². The molecule has 0 saturated heterocycles. The molecule has 0 saturated carbocycles. The van der Waals surface area contributed by atoms with Gasteiger partial charge < -0.3 is 25.4 Å². The van der Waals surface area contributed by atoms with Crippen LogP contribution in [-0.4, -0.2) is 56.8 Å². The maximum absolute atomic E-state index is 12.5. The molecule has 11 nitrogen and oxygen atoms in total. The lowest BCUT2D eigenvalue weighted by Crippen LogP contribution is -2.44. The summed E-state index contributed by atoms with van der Waals surface area (Å²) in [5.41, 5.74) is -1.14. The van der Waals surface area contributed by atoms with Gasteiger partial charge >= 0.3 is 12.2 Å². The zero-order valence-electron chi connectivity index (χ0n) is 20.1. The average molecular weight is 487 g/mol. The first-order chi connectivity index (χ1) is 15.0. The van der Waals surface area contributed by atoms with Crippen molar-refractivity contribution in [2.45, 2.75) is 70.6 Å². The molecule has 0 aromatic heterocycles. The van der Waals surface area contributed by atoms with E-state index in [0.717, 1.165) is 0 Å². The van der Waals surface area contributed by atoms with Gasteiger partial charge in [0.05, 0.1) is 4.90 Å². The van der Waals surface area contributed by atoms with Crippen molar-refractivity contribution >= 4 is 33.8 Å². The quantitative estimate of drug-likeness (QED) is 0.412. The number of alkyl carbamates (subject to hydrolysis) is 2. The van der Waals surface area contributed by atoms with Crippen molar-refractivity contribution in [3.63, 3.8) is 0 Å². The molecule has 0 radical (unpaired) electrons. The Morgan fingerprint density at radius 3 is 2.09 bits per heavy atom. The molecule has 12 heteroatoms. The Morgan fingerprint density at radius 1 is 0.939 bits per heavy atom. The zero-order valence-corrected chi connectivity index (χ0v) is 20.9. The first-order valence-electron chi connectivity index (χ1n) is 10.4. The van der Waals surface area contributed by atoms with E-state index in [4.69, 9.17) is 9.47 Å². The number of rotatable bonds is 8. The first kappa shape index (κ1) is 28.2. The summed E-state index contributed by atoms with van der Waals surface area (Å²) in [7, 11) is -3.89. The molecule has 33 heavy (non-hydrogen) atoms. The van der Waals surface area contributed by atoms with Crippen LogP contribution in [0.3, 0.4) is 0 Å². The summed E-state index contributed by atoms with van der Waals surface area (Å²) in [5, 5.41) is 7.41. The lowest BCUT2D eigenvalue weighted by molar-refractivity contribution is -0.117. The number of anilines is 1. The second-order valence-electron chi connectivity index (χ2n) is 9.21. The molecule has 1 unspecified atom stereocenters. The molecule has 1 atom stereocenters. The van der Waals surface area contributed by atoms with Gasteiger partial charge in [-0.05, 0) is 66.7 Å². The Hall–Kier alpha value is -2.86. The SMILES string of the molecule is CC(NC(=O)OC(C)(C)C)C(=O)Nc1cccc(S(=O)(=O)NCCNC(=O)OC(C)(C)C)c1. The van der Waals surface area contributed by atoms with Gasteiger partial charge in [-0.2, -0.15) is 0 Å². The van der Waals surface area contributed by atoms with Crippen molar-refractivity contribution in [3.05, 3.63) is 24.3 Å². The molecule has 0 spiro atoms. The summed E-state index contributed by atoms with van der Waals surface area (Å²) in [6.45, 7) is 11.7. The predicted molar refractivity (Wildman–Crippen MR) is 123 cm³/mol. The Kier molecular flexibility index (Phi) is 9.67. The summed E-state index contributed by atoms with van der Waals surface area (Å²) in [6, 6.07) is 4.71. The standard InChI is InChI=1S/C21H34N4O7S/c1-14(24-19(28)32-21(5,6)7)17(26)25-15-9-8-10-16(13-15)33(29,30)23-12-11-22-18(27)31-20(2,3)4/h8-10,13-14,23H,11-12H2,1-7H3,(H,22,27)(H,24,28)(H,25,26). The second kappa shape index (κ2) is 11.3. The number of amides is 3. The average Bonchev–Trinajstić information content (AvgIpc) is 2.62. The van der Waals surface area contributed by atoms with Crippen LogP contribution in [0.25, 0.3) is 0 Å². The molecule has 1 aromatic carbocycles. The van der Waals surface area contributed by atoms with Gasteiger partial charge in [-0.1, -0.05) is 6.07 Å². The number of nitrogens with one attached hydrogen (secondary N) is 4. The third-order valence-electron chi connectivity index (χ3n) is 3.62. The molecular weight excluding hydrogens is 452 g/mol. The van der Waals surface area contributed by atoms with Crippen molar-refractivity contribution in [2.75, 3.05) is 18.4 Å². The van der Waals surface area contributed by atoms with Crippen LogP contribution in [0, 0.1) is 0 Å². The van der Waals surface area contributed by atoms with Gasteiger partial charge in [0.25, 0.3) is 0 Å². The highest BCUT2D eigenvalue weighted by molar-refractivity contribution is 7.89. The molecule has 0 aliphatic rings. The minimum atomic E-state index is -3.89. The highest BCUT2D eigenvalue weighted by atomic mass is 32.2. The van der Waals surface area contributed by atoms with E-state index in [1.54, 1.807) is 41.5 Å². The van der Waals surface area contributed by atoms with Crippen molar-refractivity contribution in [2.24, 2.45) is 0 Å². The Bertz CT molecular complexity index is 950. The van der Waals surface area contributed by atoms with Crippen LogP contribution in [0.2, 0.25) is 0 Å². The Labute approximate surface area is 195 Å². The minimum Gasteiger partial charge on any atom is -0.444 e. The summed E-state index contributed by atoms with van der Waals surface area (Å²) >= 11 is 0. The highest BCUT2D eigenvalue weighted by Gasteiger charge is 2.22. The number of hydrogen-bond acceptors (Lipinski definition) is 7. The molecule has 0 fully saturated rings. The van der Waals surface area contributed by atoms with Crippen LogP contribution < -0.4 is 20.7 Å². The number of carbonyl (C=O) groups is 3. The first-order valence-corrected chi connectivity index (χ1v) is 11.8. The van der Waals surface area contributed by atoms with E-state index in [2.05, 4.69) is 20.7 Å². The third kappa shape index (κ3) is 11.5. The van der Waals surface area contributed by atoms with E-state index < -0.39 is 45.4 Å². The maximum atomic E-state index is 12.5. The molecular formula is C21H34N4O7S. The molecule has 0 heterocycles. The minimum absolute atomic E-state index is 0.0262. The number of ether oxygens (including phenoxy) is 2. The van der Waals surface area contributed by atoms with Crippen molar-refractivity contribution in [1.82, 2.24) is 15.4 Å². The van der Waals surface area contributed by atoms with Crippen molar-refractivity contribution in [3.8, 4) is 0 Å². The molecule has 3 amide bonds. The number of sulfonamides is 1. The van der Waals surface area contributed by atoms with Gasteiger partial charge in [-0.15, -0.1) is 0 Å². The fraction of sp³-hybridized carbons (Fsp3) is 0.571. The molecule has 0 aliphatic heterocycles. The van der Waals surface area contributed by atoms with Gasteiger partial charge in [0.15, 0.2) is 0 Å². The zero-order chi connectivity index (χ0) is 25.4. The molecule has 1 rings (SSSR count). The maximum Gasteiger partial charge on any atom is 0.408 e. The van der Waals surface area contributed by atoms with Crippen LogP contribution in [-0.2, 0) is 24.3 Å². The molecule has 1 aromatic rings. The van der Waals surface area contributed by atoms with E-state index in [0.29, 0.717) is 0 Å². The Balaban J connectivity index is 2.64. The van der Waals surface area contributed by atoms with Crippen LogP contribution in [0.1, 0.15) is 48.5 Å².